The van der Waals surface area contributed by atoms with Gasteiger partial charge in [-0.25, -0.2) is 0 Å². The molecular weight excluding hydrogens is 282 g/mol. The zero-order valence-corrected chi connectivity index (χ0v) is 13.3. The van der Waals surface area contributed by atoms with E-state index >= 15 is 0 Å². The summed E-state index contributed by atoms with van der Waals surface area (Å²) in [5, 5.41) is 3.13. The van der Waals surface area contributed by atoms with Crippen LogP contribution >= 0.6 is 12.2 Å². The molecular formula is C16H23N3OS. The standard InChI is InChI=1S/C16H23N3OS/c1-12-3-2-4-13(9-12)10-16(20)18-14-5-7-19(8-6-14)11-15(17)21/h2-4,9,14H,5-8,10-11H2,1H3,(H2,17,21)(H,18,20). The van der Waals surface area contributed by atoms with E-state index in [0.717, 1.165) is 31.5 Å². The highest BCUT2D eigenvalue weighted by Crippen LogP contribution is 2.11. The minimum atomic E-state index is 0.105. The van der Waals surface area contributed by atoms with Crippen LogP contribution in [0.15, 0.2) is 24.3 Å². The van der Waals surface area contributed by atoms with Gasteiger partial charge in [-0.3, -0.25) is 9.69 Å². The zero-order chi connectivity index (χ0) is 15.2. The number of carbonyl (C=O) groups is 1. The molecule has 0 saturated carbocycles. The number of piperidine rings is 1. The van der Waals surface area contributed by atoms with Gasteiger partial charge in [-0.15, -0.1) is 0 Å². The quantitative estimate of drug-likeness (QED) is 0.808. The summed E-state index contributed by atoms with van der Waals surface area (Å²) in [6.07, 6.45) is 2.37. The average molecular weight is 305 g/mol. The van der Waals surface area contributed by atoms with Gasteiger partial charge in [0.2, 0.25) is 5.91 Å². The zero-order valence-electron chi connectivity index (χ0n) is 12.5. The second-order valence-electron chi connectivity index (χ2n) is 5.75. The van der Waals surface area contributed by atoms with Crippen LogP contribution in [0.1, 0.15) is 24.0 Å². The van der Waals surface area contributed by atoms with Gasteiger partial charge in [0.05, 0.1) is 11.4 Å². The molecule has 4 nitrogen and oxygen atoms in total. The van der Waals surface area contributed by atoms with Crippen molar-refractivity contribution in [2.45, 2.75) is 32.2 Å². The van der Waals surface area contributed by atoms with Gasteiger partial charge in [-0.1, -0.05) is 42.0 Å². The van der Waals surface area contributed by atoms with Crippen LogP contribution in [0.2, 0.25) is 0 Å². The summed E-state index contributed by atoms with van der Waals surface area (Å²) >= 11 is 4.93. The minimum absolute atomic E-state index is 0.105. The number of nitrogens with two attached hydrogens (primary N) is 1. The van der Waals surface area contributed by atoms with Crippen molar-refractivity contribution < 1.29 is 4.79 Å². The van der Waals surface area contributed by atoms with Crippen LogP contribution < -0.4 is 11.1 Å². The topological polar surface area (TPSA) is 58.4 Å². The Hall–Kier alpha value is -1.46. The van der Waals surface area contributed by atoms with Crippen LogP contribution in [0, 0.1) is 6.92 Å². The fourth-order valence-electron chi connectivity index (χ4n) is 2.74. The number of rotatable bonds is 5. The largest absolute Gasteiger partial charge is 0.392 e. The molecule has 1 aliphatic rings. The van der Waals surface area contributed by atoms with E-state index in [1.54, 1.807) is 0 Å². The van der Waals surface area contributed by atoms with Gasteiger partial charge in [0.25, 0.3) is 0 Å². The van der Waals surface area contributed by atoms with E-state index < -0.39 is 0 Å². The lowest BCUT2D eigenvalue weighted by Crippen LogP contribution is -2.46. The Morgan fingerprint density at radius 1 is 1.43 bits per heavy atom. The smallest absolute Gasteiger partial charge is 0.224 e. The van der Waals surface area contributed by atoms with Gasteiger partial charge >= 0.3 is 0 Å². The van der Waals surface area contributed by atoms with E-state index in [4.69, 9.17) is 18.0 Å². The minimum Gasteiger partial charge on any atom is -0.392 e. The summed E-state index contributed by atoms with van der Waals surface area (Å²) < 4.78 is 0. The van der Waals surface area contributed by atoms with Crippen LogP contribution in [0.25, 0.3) is 0 Å². The van der Waals surface area contributed by atoms with Crippen molar-refractivity contribution in [3.63, 3.8) is 0 Å². The number of carbonyl (C=O) groups excluding carboxylic acids is 1. The molecule has 0 bridgehead atoms. The van der Waals surface area contributed by atoms with Gasteiger partial charge in [0, 0.05) is 25.7 Å². The third-order valence-corrected chi connectivity index (χ3v) is 3.91. The van der Waals surface area contributed by atoms with E-state index in [1.807, 2.05) is 25.1 Å². The highest BCUT2D eigenvalue weighted by atomic mass is 32.1. The number of nitrogens with one attached hydrogen (secondary N) is 1. The molecule has 1 heterocycles. The second kappa shape index (κ2) is 7.52. The third kappa shape index (κ3) is 5.44. The Kier molecular flexibility index (Phi) is 5.70. The lowest BCUT2D eigenvalue weighted by molar-refractivity contribution is -0.121. The maximum atomic E-state index is 12.1. The number of hydrogen-bond acceptors (Lipinski definition) is 3. The average Bonchev–Trinajstić information content (AvgIpc) is 2.40. The summed E-state index contributed by atoms with van der Waals surface area (Å²) in [5.74, 6) is 0.105. The number of amides is 1. The monoisotopic (exact) mass is 305 g/mol. The van der Waals surface area contributed by atoms with Crippen molar-refractivity contribution in [1.82, 2.24) is 10.2 Å². The third-order valence-electron chi connectivity index (χ3n) is 3.78. The predicted molar refractivity (Wildman–Crippen MR) is 89.3 cm³/mol. The molecule has 1 aromatic rings. The van der Waals surface area contributed by atoms with E-state index in [0.29, 0.717) is 18.0 Å². The molecule has 1 aromatic carbocycles. The van der Waals surface area contributed by atoms with Crippen molar-refractivity contribution in [2.24, 2.45) is 5.73 Å². The molecule has 0 aromatic heterocycles. The van der Waals surface area contributed by atoms with Crippen LogP contribution in [-0.4, -0.2) is 41.5 Å². The van der Waals surface area contributed by atoms with E-state index in [1.165, 1.54) is 5.56 Å². The fourth-order valence-corrected chi connectivity index (χ4v) is 2.92. The first kappa shape index (κ1) is 15.9. The van der Waals surface area contributed by atoms with Crippen molar-refractivity contribution in [3.8, 4) is 0 Å². The molecule has 0 aliphatic carbocycles. The highest BCUT2D eigenvalue weighted by Gasteiger charge is 2.20. The van der Waals surface area contributed by atoms with Crippen molar-refractivity contribution in [2.75, 3.05) is 19.6 Å². The number of thiocarbonyl (C=S) groups is 1. The fraction of sp³-hybridized carbons (Fsp3) is 0.500. The molecule has 1 amide bonds. The lowest BCUT2D eigenvalue weighted by Gasteiger charge is -2.32. The van der Waals surface area contributed by atoms with E-state index in [9.17, 15) is 4.79 Å². The van der Waals surface area contributed by atoms with Crippen molar-refractivity contribution >= 4 is 23.1 Å². The number of nitrogens with zero attached hydrogens (tertiary/aromatic N) is 1. The molecule has 1 fully saturated rings. The number of aryl methyl sites for hydroxylation is 1. The number of likely N-dealkylation sites (tertiary alicyclic amines) is 1. The SMILES string of the molecule is Cc1cccc(CC(=O)NC2CCN(CC(N)=S)CC2)c1. The number of hydrogen-bond donors (Lipinski definition) is 2. The van der Waals surface area contributed by atoms with Crippen LogP contribution in [0.5, 0.6) is 0 Å². The Balaban J connectivity index is 1.75. The molecule has 5 heteroatoms. The van der Waals surface area contributed by atoms with E-state index in [-0.39, 0.29) is 11.9 Å². The molecule has 3 N–H and O–H groups in total. The summed E-state index contributed by atoms with van der Waals surface area (Å²) in [5.41, 5.74) is 7.81. The van der Waals surface area contributed by atoms with Gasteiger partial charge < -0.3 is 11.1 Å². The molecule has 0 radical (unpaired) electrons. The van der Waals surface area contributed by atoms with Gasteiger partial charge in [0.1, 0.15) is 0 Å². The maximum Gasteiger partial charge on any atom is 0.224 e. The van der Waals surface area contributed by atoms with Crippen LogP contribution in [-0.2, 0) is 11.2 Å². The maximum absolute atomic E-state index is 12.1. The van der Waals surface area contributed by atoms with Crippen molar-refractivity contribution in [1.29, 1.82) is 0 Å². The Bertz CT molecular complexity index is 510. The summed E-state index contributed by atoms with van der Waals surface area (Å²) in [6.45, 7) is 4.60. The summed E-state index contributed by atoms with van der Waals surface area (Å²) in [4.78, 5) is 14.9. The van der Waals surface area contributed by atoms with Crippen molar-refractivity contribution in [3.05, 3.63) is 35.4 Å². The second-order valence-corrected chi connectivity index (χ2v) is 6.27. The summed E-state index contributed by atoms with van der Waals surface area (Å²) in [6, 6.07) is 8.36. The molecule has 1 aliphatic heterocycles. The van der Waals surface area contributed by atoms with Gasteiger partial charge in [0.15, 0.2) is 0 Å². The Labute approximate surface area is 131 Å². The van der Waals surface area contributed by atoms with Gasteiger partial charge in [-0.05, 0) is 25.3 Å². The molecule has 0 atom stereocenters. The van der Waals surface area contributed by atoms with Crippen LogP contribution in [0.4, 0.5) is 0 Å². The lowest BCUT2D eigenvalue weighted by atomic mass is 10.0. The molecule has 2 rings (SSSR count). The molecule has 0 unspecified atom stereocenters. The molecule has 1 saturated heterocycles. The summed E-state index contributed by atoms with van der Waals surface area (Å²) in [7, 11) is 0. The van der Waals surface area contributed by atoms with Crippen LogP contribution in [0.3, 0.4) is 0 Å². The number of benzene rings is 1. The molecule has 0 spiro atoms. The highest BCUT2D eigenvalue weighted by molar-refractivity contribution is 7.80. The predicted octanol–water partition coefficient (Wildman–Crippen LogP) is 1.40. The Morgan fingerprint density at radius 2 is 2.14 bits per heavy atom. The molecule has 114 valence electrons. The first-order chi connectivity index (χ1) is 10.0. The normalized spacial score (nSPS) is 16.6. The van der Waals surface area contributed by atoms with E-state index in [2.05, 4.69) is 16.3 Å². The molecule has 21 heavy (non-hydrogen) atoms. The first-order valence-corrected chi connectivity index (χ1v) is 7.79. The Morgan fingerprint density at radius 3 is 2.76 bits per heavy atom. The van der Waals surface area contributed by atoms with Gasteiger partial charge in [-0.2, -0.15) is 0 Å². The first-order valence-electron chi connectivity index (χ1n) is 7.38.